The summed E-state index contributed by atoms with van der Waals surface area (Å²) in [4.78, 5) is 3.90. The summed E-state index contributed by atoms with van der Waals surface area (Å²) in [5.74, 6) is 0.930. The molecule has 2 rings (SSSR count). The lowest BCUT2D eigenvalue weighted by Gasteiger charge is -2.13. The minimum absolute atomic E-state index is 0.0433. The van der Waals surface area contributed by atoms with E-state index in [1.807, 2.05) is 19.3 Å². The molecule has 0 fully saturated rings. The number of nitrogens with one attached hydrogen (secondary N) is 2. The maximum atomic E-state index is 8.88. The summed E-state index contributed by atoms with van der Waals surface area (Å²) >= 11 is 0. The third-order valence-electron chi connectivity index (χ3n) is 2.83. The Balaban J connectivity index is 2.37. The number of aromatic nitrogens is 1. The number of hydrogen-bond donors (Lipinski definition) is 4. The first-order chi connectivity index (χ1) is 10.0. The molecule has 0 aliphatic rings. The van der Waals surface area contributed by atoms with Gasteiger partial charge in [0.15, 0.2) is 0 Å². The molecule has 6 nitrogen and oxygen atoms in total. The number of benzene rings is 1. The summed E-state index contributed by atoms with van der Waals surface area (Å²) in [6, 6.07) is 8.48. The molecule has 0 atom stereocenters. The molecular formula is C15H18N4O2. The Bertz CT molecular complexity index is 656. The minimum atomic E-state index is 0.0433. The Morgan fingerprint density at radius 3 is 2.76 bits per heavy atom. The van der Waals surface area contributed by atoms with Crippen LogP contribution in [0.15, 0.2) is 36.5 Å². The van der Waals surface area contributed by atoms with E-state index in [9.17, 15) is 0 Å². The molecule has 5 N–H and O–H groups in total. The lowest BCUT2D eigenvalue weighted by Crippen LogP contribution is -2.09. The number of rotatable bonds is 5. The largest absolute Gasteiger partial charge is 0.491 e. The van der Waals surface area contributed by atoms with Gasteiger partial charge in [-0.15, -0.1) is 0 Å². The summed E-state index contributed by atoms with van der Waals surface area (Å²) in [5.41, 5.74) is 9.81. The Kier molecular flexibility index (Phi) is 4.39. The second kappa shape index (κ2) is 6.23. The van der Waals surface area contributed by atoms with Crippen LogP contribution in [0.5, 0.6) is 5.75 Å². The van der Waals surface area contributed by atoms with Gasteiger partial charge in [0.25, 0.3) is 0 Å². The average Bonchev–Trinajstić information content (AvgIpc) is 2.48. The van der Waals surface area contributed by atoms with Gasteiger partial charge in [0.05, 0.1) is 11.8 Å². The minimum Gasteiger partial charge on any atom is -0.491 e. The van der Waals surface area contributed by atoms with Crippen LogP contribution in [-0.4, -0.2) is 22.0 Å². The third-order valence-corrected chi connectivity index (χ3v) is 2.83. The van der Waals surface area contributed by atoms with Crippen molar-refractivity contribution in [2.24, 2.45) is 0 Å². The number of anilines is 2. The van der Waals surface area contributed by atoms with Crippen molar-refractivity contribution in [3.05, 3.63) is 47.7 Å². The second-order valence-electron chi connectivity index (χ2n) is 4.83. The number of nitrogen functional groups attached to an aromatic ring is 1. The molecule has 0 amide bonds. The lowest BCUT2D eigenvalue weighted by molar-refractivity contribution is 0.242. The van der Waals surface area contributed by atoms with Crippen LogP contribution in [0, 0.1) is 5.41 Å². The van der Waals surface area contributed by atoms with Gasteiger partial charge in [0.1, 0.15) is 11.6 Å². The van der Waals surface area contributed by atoms with Gasteiger partial charge in [0.2, 0.25) is 0 Å². The summed E-state index contributed by atoms with van der Waals surface area (Å²) in [5, 5.41) is 17.2. The summed E-state index contributed by atoms with van der Waals surface area (Å²) in [6.07, 6.45) is 1.55. The van der Waals surface area contributed by atoms with Crippen LogP contribution in [0.4, 0.5) is 11.5 Å². The first-order valence-corrected chi connectivity index (χ1v) is 6.53. The van der Waals surface area contributed by atoms with Gasteiger partial charge < -0.3 is 10.5 Å². The summed E-state index contributed by atoms with van der Waals surface area (Å²) in [7, 11) is 0. The second-order valence-corrected chi connectivity index (χ2v) is 4.83. The molecule has 110 valence electrons. The molecule has 1 aromatic heterocycles. The molecule has 0 bridgehead atoms. The van der Waals surface area contributed by atoms with Gasteiger partial charge in [0, 0.05) is 23.0 Å². The van der Waals surface area contributed by atoms with Crippen LogP contribution >= 0.6 is 0 Å². The van der Waals surface area contributed by atoms with Crippen molar-refractivity contribution in [3.8, 4) is 5.75 Å². The van der Waals surface area contributed by atoms with Crippen LogP contribution < -0.4 is 16.0 Å². The van der Waals surface area contributed by atoms with Crippen LogP contribution in [0.1, 0.15) is 25.0 Å². The molecule has 1 aromatic carbocycles. The van der Waals surface area contributed by atoms with Crippen molar-refractivity contribution < 1.29 is 9.94 Å². The van der Waals surface area contributed by atoms with Crippen molar-refractivity contribution in [2.45, 2.75) is 20.0 Å². The van der Waals surface area contributed by atoms with Crippen molar-refractivity contribution in [2.75, 3.05) is 11.2 Å². The SMILES string of the molecule is CC(C)Oc1ccc(N)c(C(=N)c2ccnc(NO)c2)c1. The van der Waals surface area contributed by atoms with E-state index in [4.69, 9.17) is 21.1 Å². The molecule has 0 aliphatic heterocycles. The van der Waals surface area contributed by atoms with Crippen LogP contribution in [0.2, 0.25) is 0 Å². The van der Waals surface area contributed by atoms with Crippen LogP contribution in [0.25, 0.3) is 0 Å². The lowest BCUT2D eigenvalue weighted by atomic mass is 10.0. The molecule has 1 heterocycles. The van der Waals surface area contributed by atoms with Crippen molar-refractivity contribution >= 4 is 17.2 Å². The zero-order chi connectivity index (χ0) is 15.4. The predicted molar refractivity (Wildman–Crippen MR) is 82.2 cm³/mol. The highest BCUT2D eigenvalue weighted by Crippen LogP contribution is 2.24. The summed E-state index contributed by atoms with van der Waals surface area (Å²) in [6.45, 7) is 3.87. The molecule has 0 spiro atoms. The van der Waals surface area contributed by atoms with E-state index in [1.54, 1.807) is 30.3 Å². The van der Waals surface area contributed by atoms with Gasteiger partial charge in [-0.1, -0.05) is 0 Å². The average molecular weight is 286 g/mol. The number of pyridine rings is 1. The Morgan fingerprint density at radius 1 is 1.33 bits per heavy atom. The molecular weight excluding hydrogens is 268 g/mol. The maximum absolute atomic E-state index is 8.88. The normalized spacial score (nSPS) is 10.5. The zero-order valence-electron chi connectivity index (χ0n) is 11.9. The molecule has 0 aliphatic carbocycles. The van der Waals surface area contributed by atoms with E-state index in [0.717, 1.165) is 0 Å². The van der Waals surface area contributed by atoms with E-state index in [2.05, 4.69) is 4.98 Å². The number of nitrogens with zero attached hydrogens (tertiary/aromatic N) is 1. The Morgan fingerprint density at radius 2 is 2.10 bits per heavy atom. The molecule has 0 saturated heterocycles. The zero-order valence-corrected chi connectivity index (χ0v) is 11.9. The first kappa shape index (κ1) is 14.8. The quantitative estimate of drug-likeness (QED) is 0.384. The van der Waals surface area contributed by atoms with E-state index in [0.29, 0.717) is 22.6 Å². The van der Waals surface area contributed by atoms with Gasteiger partial charge >= 0.3 is 0 Å². The monoisotopic (exact) mass is 286 g/mol. The van der Waals surface area contributed by atoms with Crippen molar-refractivity contribution in [1.82, 2.24) is 4.98 Å². The van der Waals surface area contributed by atoms with Crippen molar-refractivity contribution in [1.29, 1.82) is 5.41 Å². The maximum Gasteiger partial charge on any atom is 0.150 e. The number of nitrogens with two attached hydrogens (primary N) is 1. The van der Waals surface area contributed by atoms with Crippen LogP contribution in [-0.2, 0) is 0 Å². The van der Waals surface area contributed by atoms with E-state index < -0.39 is 0 Å². The van der Waals surface area contributed by atoms with Gasteiger partial charge in [-0.25, -0.2) is 4.98 Å². The highest BCUT2D eigenvalue weighted by Gasteiger charge is 2.11. The van der Waals surface area contributed by atoms with E-state index in [1.165, 1.54) is 6.20 Å². The first-order valence-electron chi connectivity index (χ1n) is 6.53. The Labute approximate surface area is 123 Å². The fourth-order valence-electron chi connectivity index (χ4n) is 1.90. The molecule has 0 unspecified atom stereocenters. The molecule has 2 aromatic rings. The number of hydrogen-bond acceptors (Lipinski definition) is 6. The van der Waals surface area contributed by atoms with Crippen LogP contribution in [0.3, 0.4) is 0 Å². The third kappa shape index (κ3) is 3.49. The smallest absolute Gasteiger partial charge is 0.150 e. The van der Waals surface area contributed by atoms with E-state index >= 15 is 0 Å². The fraction of sp³-hybridized carbons (Fsp3) is 0.200. The van der Waals surface area contributed by atoms with Crippen molar-refractivity contribution in [3.63, 3.8) is 0 Å². The van der Waals surface area contributed by atoms with Gasteiger partial charge in [-0.2, -0.15) is 0 Å². The predicted octanol–water partition coefficient (Wildman–Crippen LogP) is 2.67. The van der Waals surface area contributed by atoms with Gasteiger partial charge in [-0.05, 0) is 44.2 Å². The topological polar surface area (TPSA) is 104 Å². The molecule has 21 heavy (non-hydrogen) atoms. The van der Waals surface area contributed by atoms with E-state index in [-0.39, 0.29) is 17.6 Å². The summed E-state index contributed by atoms with van der Waals surface area (Å²) < 4.78 is 5.62. The number of ether oxygens (including phenoxy) is 1. The molecule has 6 heteroatoms. The highest BCUT2D eigenvalue weighted by atomic mass is 16.5. The molecule has 0 saturated carbocycles. The highest BCUT2D eigenvalue weighted by molar-refractivity contribution is 6.14. The Hall–Kier alpha value is -2.60. The van der Waals surface area contributed by atoms with Gasteiger partial charge in [-0.3, -0.25) is 16.1 Å². The fourth-order valence-corrected chi connectivity index (χ4v) is 1.90. The standard InChI is InChI=1S/C15H18N4O2/c1-9(2)21-11-3-4-13(16)12(8-11)15(17)10-5-6-18-14(7-10)19-20/h3-9,17,20H,16H2,1-2H3,(H,18,19). The molecule has 0 radical (unpaired) electrons.